The van der Waals surface area contributed by atoms with Crippen LogP contribution in [-0.2, 0) is 9.59 Å². The Kier molecular flexibility index (Phi) is 6.23. The van der Waals surface area contributed by atoms with E-state index in [9.17, 15) is 9.59 Å². The maximum absolute atomic E-state index is 11.3. The number of halogens is 1. The lowest BCUT2D eigenvalue weighted by Crippen LogP contribution is -2.46. The first-order valence-electron chi connectivity index (χ1n) is 4.22. The molecule has 2 atom stereocenters. The third-order valence-corrected chi connectivity index (χ3v) is 2.54. The number of carbonyl (C=O) groups is 2. The summed E-state index contributed by atoms with van der Waals surface area (Å²) in [7, 11) is 0. The van der Waals surface area contributed by atoms with E-state index in [1.54, 1.807) is 36.4 Å². The Morgan fingerprint density at radius 1 is 1.31 bits per heavy atom. The monoisotopic (exact) mass is 298 g/mol. The lowest BCUT2D eigenvalue weighted by atomic mass is 10.3. The fourth-order valence-corrected chi connectivity index (χ4v) is 0.950. The van der Waals surface area contributed by atoms with Gasteiger partial charge in [-0.15, -0.1) is 0 Å². The van der Waals surface area contributed by atoms with Crippen LogP contribution in [0.5, 0.6) is 0 Å². The molecule has 0 fully saturated rings. The van der Waals surface area contributed by atoms with Crippen LogP contribution in [0.3, 0.4) is 0 Å². The third kappa shape index (κ3) is 5.20. The molecule has 0 aliphatic rings. The van der Waals surface area contributed by atoms with Gasteiger partial charge in [-0.25, -0.2) is 0 Å². The Labute approximate surface area is 92.0 Å². The van der Waals surface area contributed by atoms with Crippen molar-refractivity contribution in [2.24, 2.45) is 0 Å². The number of carbonyl (C=O) groups excluding carboxylic acids is 2. The van der Waals surface area contributed by atoms with Gasteiger partial charge in [0.2, 0.25) is 9.70 Å². The Bertz CT molecular complexity index is 197. The van der Waals surface area contributed by atoms with Gasteiger partial charge in [0, 0.05) is 22.6 Å². The van der Waals surface area contributed by atoms with Gasteiger partial charge in [0.1, 0.15) is 0 Å². The zero-order valence-corrected chi connectivity index (χ0v) is 10.2. The highest BCUT2D eigenvalue weighted by atomic mass is 127. The van der Waals surface area contributed by atoms with Gasteiger partial charge in [0.25, 0.3) is 0 Å². The standard InChI is InChI=1S/C8H15IN2O2/c1-4-10-6(3)8(13)11-5(2)7(9)12/h5-6,10H,4H2,1-3H3,(H,11,13)/t5-,6-/m0/s1. The van der Waals surface area contributed by atoms with Gasteiger partial charge in [-0.05, 0) is 20.4 Å². The van der Waals surface area contributed by atoms with Crippen LogP contribution >= 0.6 is 22.6 Å². The summed E-state index contributed by atoms with van der Waals surface area (Å²) in [6, 6.07) is -0.655. The maximum Gasteiger partial charge on any atom is 0.237 e. The largest absolute Gasteiger partial charge is 0.344 e. The smallest absolute Gasteiger partial charge is 0.237 e. The molecule has 0 aromatic rings. The molecule has 0 aliphatic heterocycles. The molecule has 13 heavy (non-hydrogen) atoms. The highest BCUT2D eigenvalue weighted by molar-refractivity contribution is 14.1. The van der Waals surface area contributed by atoms with Crippen molar-refractivity contribution in [3.63, 3.8) is 0 Å². The summed E-state index contributed by atoms with van der Waals surface area (Å²) < 4.78 is -0.0605. The summed E-state index contributed by atoms with van der Waals surface area (Å²) in [5.74, 6) is -0.139. The van der Waals surface area contributed by atoms with Crippen LogP contribution in [-0.4, -0.2) is 28.3 Å². The normalized spacial score (nSPS) is 14.8. The summed E-state index contributed by atoms with van der Waals surface area (Å²) in [5, 5.41) is 5.57. The minimum absolute atomic E-state index is 0.0605. The number of hydrogen-bond donors (Lipinski definition) is 2. The predicted octanol–water partition coefficient (Wildman–Crippen LogP) is 0.451. The first-order valence-corrected chi connectivity index (χ1v) is 5.30. The van der Waals surface area contributed by atoms with Crippen molar-refractivity contribution in [2.45, 2.75) is 32.9 Å². The number of amides is 1. The van der Waals surface area contributed by atoms with Gasteiger partial charge in [-0.3, -0.25) is 9.59 Å². The molecule has 0 aliphatic carbocycles. The molecule has 0 heterocycles. The van der Waals surface area contributed by atoms with Crippen LogP contribution in [0.4, 0.5) is 0 Å². The zero-order chi connectivity index (χ0) is 10.4. The summed E-state index contributed by atoms with van der Waals surface area (Å²) >= 11 is 1.67. The Morgan fingerprint density at radius 3 is 2.23 bits per heavy atom. The second kappa shape index (κ2) is 6.31. The van der Waals surface area contributed by atoms with Crippen molar-refractivity contribution in [3.05, 3.63) is 0 Å². The van der Waals surface area contributed by atoms with Crippen LogP contribution in [0.15, 0.2) is 0 Å². The number of hydrogen-bond acceptors (Lipinski definition) is 3. The molecule has 1 amide bonds. The fourth-order valence-electron chi connectivity index (χ4n) is 0.794. The molecule has 0 spiro atoms. The number of rotatable bonds is 5. The molecule has 0 saturated heterocycles. The third-order valence-electron chi connectivity index (χ3n) is 1.60. The molecule has 0 radical (unpaired) electrons. The summed E-state index contributed by atoms with van der Waals surface area (Å²) in [4.78, 5) is 22.1. The predicted molar refractivity (Wildman–Crippen MR) is 59.8 cm³/mol. The summed E-state index contributed by atoms with van der Waals surface area (Å²) in [6.07, 6.45) is 0. The SMILES string of the molecule is CCN[C@@H](C)C(=O)N[C@@H](C)C(=O)I. The molecule has 0 rings (SSSR count). The number of nitrogens with one attached hydrogen (secondary N) is 2. The van der Waals surface area contributed by atoms with Gasteiger partial charge in [0.15, 0.2) is 0 Å². The Morgan fingerprint density at radius 2 is 1.85 bits per heavy atom. The van der Waals surface area contributed by atoms with Gasteiger partial charge >= 0.3 is 0 Å². The van der Waals surface area contributed by atoms with Crippen LogP contribution in [0.2, 0.25) is 0 Å². The molecule has 0 unspecified atom stereocenters. The molecule has 0 aromatic heterocycles. The van der Waals surface area contributed by atoms with Crippen molar-refractivity contribution in [3.8, 4) is 0 Å². The fraction of sp³-hybridized carbons (Fsp3) is 0.750. The molecule has 0 aromatic carbocycles. The van der Waals surface area contributed by atoms with Crippen molar-refractivity contribution in [1.29, 1.82) is 0 Å². The molecule has 0 bridgehead atoms. The van der Waals surface area contributed by atoms with Gasteiger partial charge in [-0.1, -0.05) is 6.92 Å². The van der Waals surface area contributed by atoms with E-state index in [1.165, 1.54) is 0 Å². The molecular formula is C8H15IN2O2. The molecular weight excluding hydrogens is 283 g/mol. The van der Waals surface area contributed by atoms with E-state index in [0.717, 1.165) is 6.54 Å². The molecule has 4 nitrogen and oxygen atoms in total. The first kappa shape index (κ1) is 12.8. The average Bonchev–Trinajstić information content (AvgIpc) is 2.04. The van der Waals surface area contributed by atoms with E-state index in [1.807, 2.05) is 6.92 Å². The minimum atomic E-state index is -0.408. The highest BCUT2D eigenvalue weighted by Gasteiger charge is 2.16. The molecule has 2 N–H and O–H groups in total. The molecule has 76 valence electrons. The Balaban J connectivity index is 3.92. The lowest BCUT2D eigenvalue weighted by Gasteiger charge is -2.15. The molecule has 5 heteroatoms. The second-order valence-corrected chi connectivity index (χ2v) is 3.88. The minimum Gasteiger partial charge on any atom is -0.344 e. The second-order valence-electron chi connectivity index (χ2n) is 2.81. The van der Waals surface area contributed by atoms with E-state index in [4.69, 9.17) is 0 Å². The lowest BCUT2D eigenvalue weighted by molar-refractivity contribution is -0.125. The van der Waals surface area contributed by atoms with Gasteiger partial charge in [0.05, 0.1) is 12.1 Å². The number of likely N-dealkylation sites (N-methyl/N-ethyl adjacent to an activating group) is 1. The molecule has 0 saturated carbocycles. The van der Waals surface area contributed by atoms with Crippen LogP contribution in [0.25, 0.3) is 0 Å². The van der Waals surface area contributed by atoms with Crippen LogP contribution < -0.4 is 10.6 Å². The topological polar surface area (TPSA) is 58.2 Å². The summed E-state index contributed by atoms with van der Waals surface area (Å²) in [5.41, 5.74) is 0. The van der Waals surface area contributed by atoms with Crippen LogP contribution in [0, 0.1) is 0 Å². The van der Waals surface area contributed by atoms with E-state index in [-0.39, 0.29) is 15.7 Å². The van der Waals surface area contributed by atoms with E-state index < -0.39 is 6.04 Å². The van der Waals surface area contributed by atoms with E-state index >= 15 is 0 Å². The first-order chi connectivity index (χ1) is 5.99. The van der Waals surface area contributed by atoms with Crippen LogP contribution in [0.1, 0.15) is 20.8 Å². The average molecular weight is 298 g/mol. The van der Waals surface area contributed by atoms with Gasteiger partial charge in [-0.2, -0.15) is 0 Å². The van der Waals surface area contributed by atoms with E-state index in [2.05, 4.69) is 10.6 Å². The van der Waals surface area contributed by atoms with Crippen molar-refractivity contribution >= 4 is 32.3 Å². The maximum atomic E-state index is 11.3. The zero-order valence-electron chi connectivity index (χ0n) is 8.06. The van der Waals surface area contributed by atoms with Crippen molar-refractivity contribution in [1.82, 2.24) is 10.6 Å². The van der Waals surface area contributed by atoms with E-state index in [0.29, 0.717) is 0 Å². The van der Waals surface area contributed by atoms with Crippen molar-refractivity contribution in [2.75, 3.05) is 6.54 Å². The highest BCUT2D eigenvalue weighted by Crippen LogP contribution is 1.94. The summed E-state index contributed by atoms with van der Waals surface area (Å²) in [6.45, 7) is 6.10. The quantitative estimate of drug-likeness (QED) is 0.572. The Hall–Kier alpha value is -0.170. The van der Waals surface area contributed by atoms with Gasteiger partial charge < -0.3 is 10.6 Å². The van der Waals surface area contributed by atoms with Crippen molar-refractivity contribution < 1.29 is 9.59 Å².